The van der Waals surface area contributed by atoms with Gasteiger partial charge in [0.2, 0.25) is 5.91 Å². The van der Waals surface area contributed by atoms with Crippen LogP contribution in [0.1, 0.15) is 19.4 Å². The van der Waals surface area contributed by atoms with Gasteiger partial charge in [-0.3, -0.25) is 9.10 Å². The number of hydrogen-bond donors (Lipinski definition) is 0. The van der Waals surface area contributed by atoms with Crippen LogP contribution >= 0.6 is 15.9 Å². The van der Waals surface area contributed by atoms with Gasteiger partial charge in [-0.05, 0) is 59.1 Å². The van der Waals surface area contributed by atoms with Crippen LogP contribution in [0.25, 0.3) is 0 Å². The average molecular weight is 449 g/mol. The van der Waals surface area contributed by atoms with E-state index in [4.69, 9.17) is 0 Å². The maximum absolute atomic E-state index is 13.4. The van der Waals surface area contributed by atoms with Gasteiger partial charge in [-0.25, -0.2) is 8.42 Å². The highest BCUT2D eigenvalue weighted by Gasteiger charge is 2.33. The van der Waals surface area contributed by atoms with E-state index in [1.165, 1.54) is 11.2 Å². The molecule has 0 radical (unpaired) electrons. The molecule has 0 aromatic heterocycles. The van der Waals surface area contributed by atoms with Crippen molar-refractivity contribution in [3.05, 3.63) is 65.2 Å². The van der Waals surface area contributed by atoms with Gasteiger partial charge in [0.05, 0.1) is 12.2 Å². The van der Waals surface area contributed by atoms with E-state index in [9.17, 15) is 13.2 Å². The van der Waals surface area contributed by atoms with E-state index in [1.54, 1.807) is 47.4 Å². The lowest BCUT2D eigenvalue weighted by molar-refractivity contribution is -0.116. The van der Waals surface area contributed by atoms with Crippen molar-refractivity contribution in [2.24, 2.45) is 0 Å². The summed E-state index contributed by atoms with van der Waals surface area (Å²) in [5.41, 5.74) is 2.17. The molecule has 27 heavy (non-hydrogen) atoms. The largest absolute Gasteiger partial charge is 0.309 e. The first-order valence-corrected chi connectivity index (χ1v) is 10.8. The third-order valence-corrected chi connectivity index (χ3v) is 7.35. The van der Waals surface area contributed by atoms with Gasteiger partial charge in [-0.2, -0.15) is 0 Å². The minimum atomic E-state index is -3.86. The van der Waals surface area contributed by atoms with Crippen molar-refractivity contribution in [3.63, 3.8) is 0 Å². The monoisotopic (exact) mass is 448 g/mol. The van der Waals surface area contributed by atoms with Crippen LogP contribution < -0.4 is 9.21 Å². The highest BCUT2D eigenvalue weighted by atomic mass is 79.9. The second-order valence-electron chi connectivity index (χ2n) is 6.51. The number of carbonyl (C=O) groups is 1. The molecule has 2 aromatic rings. The molecule has 0 saturated heterocycles. The number of amides is 1. The molecule has 0 spiro atoms. The lowest BCUT2D eigenvalue weighted by Crippen LogP contribution is -2.34. The molecule has 1 aliphatic rings. The second kappa shape index (κ2) is 7.48. The average Bonchev–Trinajstić information content (AvgIpc) is 2.94. The molecule has 1 atom stereocenters. The predicted octanol–water partition coefficient (Wildman–Crippen LogP) is 4.13. The van der Waals surface area contributed by atoms with Crippen molar-refractivity contribution in [2.45, 2.75) is 31.2 Å². The molecular formula is C20H21BrN2O3S. The summed E-state index contributed by atoms with van der Waals surface area (Å²) in [6, 6.07) is 12.3. The van der Waals surface area contributed by atoms with E-state index in [1.807, 2.05) is 13.0 Å². The van der Waals surface area contributed by atoms with Crippen LogP contribution in [-0.2, 0) is 21.2 Å². The van der Waals surface area contributed by atoms with Crippen molar-refractivity contribution >= 4 is 43.2 Å². The number of para-hydroxylation sites is 1. The number of sulfonamides is 1. The Bertz CT molecular complexity index is 990. The Morgan fingerprint density at radius 1 is 1.33 bits per heavy atom. The van der Waals surface area contributed by atoms with Crippen molar-refractivity contribution in [3.8, 4) is 0 Å². The van der Waals surface area contributed by atoms with E-state index < -0.39 is 10.0 Å². The van der Waals surface area contributed by atoms with Crippen molar-refractivity contribution in [2.75, 3.05) is 15.7 Å². The summed E-state index contributed by atoms with van der Waals surface area (Å²) in [5.74, 6) is -0.0991. The zero-order valence-electron chi connectivity index (χ0n) is 15.2. The van der Waals surface area contributed by atoms with Crippen molar-refractivity contribution in [1.29, 1.82) is 0 Å². The molecule has 5 nitrogen and oxygen atoms in total. The standard InChI is InChI=1S/C20H21BrN2O3S/c1-4-10-22(17-8-6-5-7-9-17)27(25,26)20-13-19-16(12-18(20)21)11-14(2)23(19)15(3)24/h4-9,12-14H,1,10-11H2,2-3H3/t14-/m1/s1. The van der Waals surface area contributed by atoms with Crippen LogP contribution in [-0.4, -0.2) is 26.9 Å². The Morgan fingerprint density at radius 2 is 2.00 bits per heavy atom. The highest BCUT2D eigenvalue weighted by molar-refractivity contribution is 9.10. The van der Waals surface area contributed by atoms with Gasteiger partial charge < -0.3 is 4.90 Å². The maximum atomic E-state index is 13.4. The Morgan fingerprint density at radius 3 is 2.59 bits per heavy atom. The van der Waals surface area contributed by atoms with E-state index in [2.05, 4.69) is 22.5 Å². The molecule has 142 valence electrons. The smallest absolute Gasteiger partial charge is 0.265 e. The fourth-order valence-corrected chi connectivity index (χ4v) is 5.98. The number of anilines is 2. The molecule has 0 N–H and O–H groups in total. The van der Waals surface area contributed by atoms with Gasteiger partial charge >= 0.3 is 0 Å². The molecular weight excluding hydrogens is 428 g/mol. The first kappa shape index (κ1) is 19.6. The van der Waals surface area contributed by atoms with Gasteiger partial charge in [-0.1, -0.05) is 24.3 Å². The van der Waals surface area contributed by atoms with Crippen molar-refractivity contribution < 1.29 is 13.2 Å². The summed E-state index contributed by atoms with van der Waals surface area (Å²) in [6.07, 6.45) is 2.25. The highest BCUT2D eigenvalue weighted by Crippen LogP contribution is 2.39. The minimum absolute atomic E-state index is 0.000700. The normalized spacial score (nSPS) is 16.1. The third-order valence-electron chi connectivity index (χ3n) is 4.60. The zero-order chi connectivity index (χ0) is 19.8. The van der Waals surface area contributed by atoms with E-state index >= 15 is 0 Å². The molecule has 0 saturated carbocycles. The summed E-state index contributed by atoms with van der Waals surface area (Å²) in [7, 11) is -3.86. The number of rotatable bonds is 5. The first-order valence-electron chi connectivity index (χ1n) is 8.58. The summed E-state index contributed by atoms with van der Waals surface area (Å²) in [4.78, 5) is 13.8. The quantitative estimate of drug-likeness (QED) is 0.646. The number of fused-ring (bicyclic) bond motifs is 1. The Balaban J connectivity index is 2.15. The van der Waals surface area contributed by atoms with Crippen molar-refractivity contribution in [1.82, 2.24) is 0 Å². The molecule has 2 aromatic carbocycles. The number of nitrogens with zero attached hydrogens (tertiary/aromatic N) is 2. The molecule has 0 bridgehead atoms. The first-order chi connectivity index (χ1) is 12.8. The van der Waals surface area contributed by atoms with Gasteiger partial charge in [0.15, 0.2) is 0 Å². The summed E-state index contributed by atoms with van der Waals surface area (Å²) in [6.45, 7) is 7.28. The molecule has 1 amide bonds. The fourth-order valence-electron chi connectivity index (χ4n) is 3.47. The Labute approximate surface area is 168 Å². The summed E-state index contributed by atoms with van der Waals surface area (Å²) < 4.78 is 28.7. The lowest BCUT2D eigenvalue weighted by atomic mass is 10.1. The molecule has 3 rings (SSSR count). The summed E-state index contributed by atoms with van der Waals surface area (Å²) >= 11 is 3.42. The summed E-state index contributed by atoms with van der Waals surface area (Å²) in [5, 5.41) is 0. The van der Waals surface area contributed by atoms with Crippen LogP contribution in [0.5, 0.6) is 0 Å². The number of carbonyl (C=O) groups excluding carboxylic acids is 1. The number of halogens is 1. The third kappa shape index (κ3) is 3.53. The molecule has 0 unspecified atom stereocenters. The van der Waals surface area contributed by atoms with Crippen LogP contribution in [0.4, 0.5) is 11.4 Å². The van der Waals surface area contributed by atoms with Crippen LogP contribution in [0.15, 0.2) is 64.5 Å². The topological polar surface area (TPSA) is 57.7 Å². The minimum Gasteiger partial charge on any atom is -0.309 e. The fraction of sp³-hybridized carbons (Fsp3) is 0.250. The number of hydrogen-bond acceptors (Lipinski definition) is 3. The molecule has 1 aliphatic heterocycles. The zero-order valence-corrected chi connectivity index (χ0v) is 17.6. The molecule has 7 heteroatoms. The molecule has 1 heterocycles. The van der Waals surface area contributed by atoms with Crippen LogP contribution in [0, 0.1) is 0 Å². The Kier molecular flexibility index (Phi) is 5.44. The van der Waals surface area contributed by atoms with Crippen LogP contribution in [0.3, 0.4) is 0 Å². The SMILES string of the molecule is C=CCN(c1ccccc1)S(=O)(=O)c1cc2c(cc1Br)C[C@@H](C)N2C(C)=O. The van der Waals surface area contributed by atoms with Gasteiger partial charge in [0, 0.05) is 23.1 Å². The van der Waals surface area contributed by atoms with Gasteiger partial charge in [0.1, 0.15) is 4.90 Å². The molecule has 0 aliphatic carbocycles. The second-order valence-corrected chi connectivity index (χ2v) is 9.20. The lowest BCUT2D eigenvalue weighted by Gasteiger charge is -2.25. The van der Waals surface area contributed by atoms with Crippen LogP contribution in [0.2, 0.25) is 0 Å². The van der Waals surface area contributed by atoms with E-state index in [0.29, 0.717) is 22.3 Å². The van der Waals surface area contributed by atoms with E-state index in [-0.39, 0.29) is 23.4 Å². The number of benzene rings is 2. The maximum Gasteiger partial charge on any atom is 0.265 e. The van der Waals surface area contributed by atoms with Gasteiger partial charge in [-0.15, -0.1) is 6.58 Å². The van der Waals surface area contributed by atoms with E-state index in [0.717, 1.165) is 5.56 Å². The predicted molar refractivity (Wildman–Crippen MR) is 112 cm³/mol. The molecule has 0 fully saturated rings. The Hall–Kier alpha value is -2.12. The van der Waals surface area contributed by atoms with Gasteiger partial charge in [0.25, 0.3) is 10.0 Å².